The maximum absolute atomic E-state index is 12.2. The van der Waals surface area contributed by atoms with Gasteiger partial charge in [-0.15, -0.1) is 0 Å². The quantitative estimate of drug-likeness (QED) is 0.903. The summed E-state index contributed by atoms with van der Waals surface area (Å²) >= 11 is 5.93. The fourth-order valence-corrected chi connectivity index (χ4v) is 2.41. The Balaban J connectivity index is 2.36. The number of carbonyl (C=O) groups excluding carboxylic acids is 1. The van der Waals surface area contributed by atoms with Crippen molar-refractivity contribution >= 4 is 29.2 Å². The van der Waals surface area contributed by atoms with Crippen molar-refractivity contribution in [3.05, 3.63) is 63.7 Å². The molecule has 0 aliphatic heterocycles. The van der Waals surface area contributed by atoms with Gasteiger partial charge in [0.15, 0.2) is 0 Å². The van der Waals surface area contributed by atoms with Crippen LogP contribution >= 0.6 is 11.6 Å². The normalized spacial score (nSPS) is 10.2. The van der Waals surface area contributed by atoms with Gasteiger partial charge >= 0.3 is 5.97 Å². The first kappa shape index (κ1) is 15.1. The van der Waals surface area contributed by atoms with E-state index in [1.807, 2.05) is 6.92 Å². The van der Waals surface area contributed by atoms with Crippen LogP contribution in [-0.4, -0.2) is 17.0 Å². The molecule has 0 atom stereocenters. The fourth-order valence-electron chi connectivity index (χ4n) is 2.12. The summed E-state index contributed by atoms with van der Waals surface area (Å²) < 4.78 is 0. The van der Waals surface area contributed by atoms with E-state index in [0.717, 1.165) is 5.56 Å². The highest BCUT2D eigenvalue weighted by atomic mass is 35.5. The van der Waals surface area contributed by atoms with E-state index in [1.54, 1.807) is 43.3 Å². The molecule has 2 rings (SSSR count). The maximum Gasteiger partial charge on any atom is 0.338 e. The maximum atomic E-state index is 12.2. The second-order valence-corrected chi connectivity index (χ2v) is 5.21. The number of hydrogen-bond donors (Lipinski definition) is 2. The molecule has 108 valence electrons. The van der Waals surface area contributed by atoms with Crippen LogP contribution in [0.2, 0.25) is 5.02 Å². The summed E-state index contributed by atoms with van der Waals surface area (Å²) in [7, 11) is 0. The first-order valence-corrected chi connectivity index (χ1v) is 6.67. The van der Waals surface area contributed by atoms with Crippen LogP contribution in [0.4, 0.5) is 5.69 Å². The number of aromatic carboxylic acids is 1. The van der Waals surface area contributed by atoms with Crippen LogP contribution in [0.1, 0.15) is 31.8 Å². The monoisotopic (exact) mass is 303 g/mol. The van der Waals surface area contributed by atoms with Gasteiger partial charge in [-0.3, -0.25) is 4.79 Å². The van der Waals surface area contributed by atoms with Gasteiger partial charge in [-0.05, 0) is 49.2 Å². The van der Waals surface area contributed by atoms with Crippen molar-refractivity contribution in [2.24, 2.45) is 0 Å². The minimum atomic E-state index is -1.08. The molecule has 4 nitrogen and oxygen atoms in total. The van der Waals surface area contributed by atoms with Crippen LogP contribution < -0.4 is 5.32 Å². The predicted molar refractivity (Wildman–Crippen MR) is 82.3 cm³/mol. The van der Waals surface area contributed by atoms with Crippen molar-refractivity contribution in [2.45, 2.75) is 13.8 Å². The number of amides is 1. The lowest BCUT2D eigenvalue weighted by Gasteiger charge is -2.11. The van der Waals surface area contributed by atoms with Gasteiger partial charge in [-0.25, -0.2) is 4.79 Å². The molecule has 0 radical (unpaired) electrons. The molecule has 21 heavy (non-hydrogen) atoms. The van der Waals surface area contributed by atoms with Gasteiger partial charge in [0.25, 0.3) is 5.91 Å². The molecule has 0 unspecified atom stereocenters. The molecule has 0 aromatic heterocycles. The Kier molecular flexibility index (Phi) is 4.29. The Morgan fingerprint density at radius 2 is 1.86 bits per heavy atom. The van der Waals surface area contributed by atoms with Crippen molar-refractivity contribution in [2.75, 3.05) is 5.32 Å². The van der Waals surface area contributed by atoms with Gasteiger partial charge in [0.1, 0.15) is 0 Å². The van der Waals surface area contributed by atoms with Crippen molar-refractivity contribution in [1.29, 1.82) is 0 Å². The van der Waals surface area contributed by atoms with Gasteiger partial charge in [0.05, 0.1) is 11.3 Å². The van der Waals surface area contributed by atoms with Crippen molar-refractivity contribution in [3.8, 4) is 0 Å². The first-order chi connectivity index (χ1) is 9.88. The molecule has 0 spiro atoms. The van der Waals surface area contributed by atoms with E-state index in [0.29, 0.717) is 16.1 Å². The molecule has 0 aliphatic rings. The number of carboxylic acid groups (broad SMARTS) is 1. The van der Waals surface area contributed by atoms with Crippen LogP contribution in [0.5, 0.6) is 0 Å². The molecule has 0 fully saturated rings. The molecular weight excluding hydrogens is 290 g/mol. The van der Waals surface area contributed by atoms with Gasteiger partial charge in [0.2, 0.25) is 0 Å². The van der Waals surface area contributed by atoms with Crippen molar-refractivity contribution < 1.29 is 14.7 Å². The zero-order valence-electron chi connectivity index (χ0n) is 11.6. The number of halogens is 1. The van der Waals surface area contributed by atoms with E-state index < -0.39 is 11.9 Å². The number of rotatable bonds is 3. The molecule has 0 heterocycles. The third-order valence-electron chi connectivity index (χ3n) is 3.04. The van der Waals surface area contributed by atoms with E-state index >= 15 is 0 Å². The second kappa shape index (κ2) is 5.97. The third kappa shape index (κ3) is 3.41. The highest BCUT2D eigenvalue weighted by Gasteiger charge is 2.16. The van der Waals surface area contributed by atoms with E-state index in [1.165, 1.54) is 0 Å². The van der Waals surface area contributed by atoms with Crippen LogP contribution in [0.25, 0.3) is 0 Å². The summed E-state index contributed by atoms with van der Waals surface area (Å²) in [4.78, 5) is 23.5. The van der Waals surface area contributed by atoms with Crippen molar-refractivity contribution in [3.63, 3.8) is 0 Å². The number of anilines is 1. The Morgan fingerprint density at radius 3 is 2.48 bits per heavy atom. The predicted octanol–water partition coefficient (Wildman–Crippen LogP) is 3.91. The van der Waals surface area contributed by atoms with Gasteiger partial charge in [0, 0.05) is 10.6 Å². The molecule has 2 aromatic rings. The topological polar surface area (TPSA) is 66.4 Å². The van der Waals surface area contributed by atoms with Crippen LogP contribution in [0.3, 0.4) is 0 Å². The van der Waals surface area contributed by atoms with E-state index in [9.17, 15) is 14.7 Å². The number of carboxylic acids is 1. The van der Waals surface area contributed by atoms with Gasteiger partial charge < -0.3 is 10.4 Å². The highest BCUT2D eigenvalue weighted by molar-refractivity contribution is 6.31. The summed E-state index contributed by atoms with van der Waals surface area (Å²) in [6.45, 7) is 3.51. The molecule has 2 aromatic carbocycles. The zero-order chi connectivity index (χ0) is 15.6. The number of aryl methyl sites for hydroxylation is 2. The molecule has 5 heteroatoms. The van der Waals surface area contributed by atoms with Crippen LogP contribution in [0, 0.1) is 13.8 Å². The van der Waals surface area contributed by atoms with Crippen LogP contribution in [0.15, 0.2) is 36.4 Å². The van der Waals surface area contributed by atoms with E-state index in [4.69, 9.17) is 11.6 Å². The molecule has 1 amide bonds. The standard InChI is InChI=1S/C16H14ClNO3/c1-9-6-11(8-12(17)7-9)15(19)18-13-5-3-4-10(2)14(13)16(20)21/h3-8H,1-2H3,(H,18,19)(H,20,21). The summed E-state index contributed by atoms with van der Waals surface area (Å²) in [5.74, 6) is -1.47. The molecule has 0 bridgehead atoms. The van der Waals surface area contributed by atoms with E-state index in [2.05, 4.69) is 5.32 Å². The van der Waals surface area contributed by atoms with E-state index in [-0.39, 0.29) is 11.3 Å². The lowest BCUT2D eigenvalue weighted by Crippen LogP contribution is -2.15. The van der Waals surface area contributed by atoms with Gasteiger partial charge in [-0.1, -0.05) is 23.7 Å². The summed E-state index contributed by atoms with van der Waals surface area (Å²) in [5, 5.41) is 12.3. The lowest BCUT2D eigenvalue weighted by molar-refractivity contribution is 0.0697. The smallest absolute Gasteiger partial charge is 0.338 e. The Hall–Kier alpha value is -2.33. The number of carbonyl (C=O) groups is 2. The largest absolute Gasteiger partial charge is 0.478 e. The molecule has 0 saturated carbocycles. The molecule has 0 saturated heterocycles. The number of benzene rings is 2. The fraction of sp³-hybridized carbons (Fsp3) is 0.125. The Bertz CT molecular complexity index is 705. The average molecular weight is 304 g/mol. The van der Waals surface area contributed by atoms with Gasteiger partial charge in [-0.2, -0.15) is 0 Å². The summed E-state index contributed by atoms with van der Waals surface area (Å²) in [5.41, 5.74) is 2.19. The molecule has 2 N–H and O–H groups in total. The number of nitrogens with one attached hydrogen (secondary N) is 1. The highest BCUT2D eigenvalue weighted by Crippen LogP contribution is 2.21. The van der Waals surface area contributed by atoms with Crippen molar-refractivity contribution in [1.82, 2.24) is 0 Å². The first-order valence-electron chi connectivity index (χ1n) is 6.30. The second-order valence-electron chi connectivity index (χ2n) is 4.77. The number of hydrogen-bond acceptors (Lipinski definition) is 2. The SMILES string of the molecule is Cc1cc(Cl)cc(C(=O)Nc2cccc(C)c2C(=O)O)c1. The lowest BCUT2D eigenvalue weighted by atomic mass is 10.1. The minimum Gasteiger partial charge on any atom is -0.478 e. The minimum absolute atomic E-state index is 0.0876. The zero-order valence-corrected chi connectivity index (χ0v) is 12.4. The molecule has 0 aliphatic carbocycles. The Morgan fingerprint density at radius 1 is 1.14 bits per heavy atom. The summed E-state index contributed by atoms with van der Waals surface area (Å²) in [6, 6.07) is 9.92. The average Bonchev–Trinajstić information content (AvgIpc) is 2.37. The summed E-state index contributed by atoms with van der Waals surface area (Å²) in [6.07, 6.45) is 0. The molecular formula is C16H14ClNO3. The Labute approximate surface area is 127 Å². The third-order valence-corrected chi connectivity index (χ3v) is 3.26. The van der Waals surface area contributed by atoms with Crippen LogP contribution in [-0.2, 0) is 0 Å².